The van der Waals surface area contributed by atoms with E-state index in [-0.39, 0.29) is 11.9 Å². The molecule has 22 heavy (non-hydrogen) atoms. The van der Waals surface area contributed by atoms with Gasteiger partial charge < -0.3 is 4.90 Å². The zero-order chi connectivity index (χ0) is 15.8. The van der Waals surface area contributed by atoms with E-state index in [4.69, 9.17) is 0 Å². The van der Waals surface area contributed by atoms with Crippen LogP contribution in [-0.4, -0.2) is 16.8 Å². The third-order valence-electron chi connectivity index (χ3n) is 4.11. The van der Waals surface area contributed by atoms with Crippen molar-refractivity contribution in [2.24, 2.45) is 0 Å². The van der Waals surface area contributed by atoms with E-state index in [2.05, 4.69) is 38.1 Å². The molecule has 0 saturated heterocycles. The maximum atomic E-state index is 12.6. The van der Waals surface area contributed by atoms with Crippen LogP contribution in [0.3, 0.4) is 0 Å². The van der Waals surface area contributed by atoms with Crippen molar-refractivity contribution in [2.75, 3.05) is 0 Å². The number of carbonyl (C=O) groups excluding carboxylic acids is 1. The lowest BCUT2D eigenvalue weighted by Gasteiger charge is -2.29. The minimum absolute atomic E-state index is 0.238. The van der Waals surface area contributed by atoms with Crippen LogP contribution in [0.4, 0.5) is 0 Å². The number of benzene rings is 2. The molecule has 0 aliphatic carbocycles. The molecule has 2 aromatic carbocycles. The summed E-state index contributed by atoms with van der Waals surface area (Å²) in [6, 6.07) is 20.7. The lowest BCUT2D eigenvalue weighted by Crippen LogP contribution is -2.37. The van der Waals surface area contributed by atoms with E-state index in [1.165, 1.54) is 11.1 Å². The third-order valence-corrected chi connectivity index (χ3v) is 4.11. The molecular weight excluding hydrogens is 270 g/mol. The molecule has 0 aromatic heterocycles. The second kappa shape index (κ2) is 8.38. The Morgan fingerprint density at radius 1 is 0.955 bits per heavy atom. The molecule has 1 atom stereocenters. The zero-order valence-corrected chi connectivity index (χ0v) is 13.5. The molecule has 0 aliphatic rings. The second-order valence-electron chi connectivity index (χ2n) is 5.75. The molecule has 0 fully saturated rings. The van der Waals surface area contributed by atoms with Crippen LogP contribution in [0.2, 0.25) is 0 Å². The van der Waals surface area contributed by atoms with Gasteiger partial charge in [-0.1, -0.05) is 67.6 Å². The van der Waals surface area contributed by atoms with Crippen LogP contribution in [0.1, 0.15) is 37.8 Å². The minimum atomic E-state index is 0.238. The summed E-state index contributed by atoms with van der Waals surface area (Å²) >= 11 is 0. The first-order valence-electron chi connectivity index (χ1n) is 8.08. The maximum Gasteiger partial charge on any atom is 0.223 e. The first kappa shape index (κ1) is 16.3. The van der Waals surface area contributed by atoms with Gasteiger partial charge in [-0.05, 0) is 30.9 Å². The van der Waals surface area contributed by atoms with Crippen molar-refractivity contribution in [3.63, 3.8) is 0 Å². The SMILES string of the molecule is CCC(C)N(Cc1ccccc1)C(=O)CCc1ccccc1. The number of hydrogen-bond acceptors (Lipinski definition) is 1. The first-order chi connectivity index (χ1) is 10.7. The van der Waals surface area contributed by atoms with E-state index in [1.54, 1.807) is 0 Å². The van der Waals surface area contributed by atoms with Crippen molar-refractivity contribution in [2.45, 2.75) is 45.7 Å². The van der Waals surface area contributed by atoms with Crippen molar-refractivity contribution in [1.29, 1.82) is 0 Å². The van der Waals surface area contributed by atoms with E-state index in [1.807, 2.05) is 41.3 Å². The summed E-state index contributed by atoms with van der Waals surface area (Å²) in [5.41, 5.74) is 2.41. The summed E-state index contributed by atoms with van der Waals surface area (Å²) in [5.74, 6) is 0.238. The fourth-order valence-corrected chi connectivity index (χ4v) is 2.53. The Hall–Kier alpha value is -2.09. The number of rotatable bonds is 7. The molecule has 0 N–H and O–H groups in total. The molecule has 0 radical (unpaired) electrons. The number of nitrogens with zero attached hydrogens (tertiary/aromatic N) is 1. The molecule has 0 aliphatic heterocycles. The Balaban J connectivity index is 2.00. The molecule has 116 valence electrons. The fraction of sp³-hybridized carbons (Fsp3) is 0.350. The molecule has 0 bridgehead atoms. The average molecular weight is 295 g/mol. The summed E-state index contributed by atoms with van der Waals surface area (Å²) in [6.07, 6.45) is 2.35. The smallest absolute Gasteiger partial charge is 0.223 e. The van der Waals surface area contributed by atoms with Gasteiger partial charge in [-0.15, -0.1) is 0 Å². The molecule has 1 amide bonds. The van der Waals surface area contributed by atoms with E-state index >= 15 is 0 Å². The van der Waals surface area contributed by atoms with Gasteiger partial charge in [0.2, 0.25) is 5.91 Å². The molecule has 2 rings (SSSR count). The van der Waals surface area contributed by atoms with Gasteiger partial charge in [0.1, 0.15) is 0 Å². The Labute approximate surface area is 133 Å². The second-order valence-corrected chi connectivity index (χ2v) is 5.75. The Morgan fingerprint density at radius 3 is 2.05 bits per heavy atom. The van der Waals surface area contributed by atoms with Crippen LogP contribution in [0.15, 0.2) is 60.7 Å². The summed E-state index contributed by atoms with van der Waals surface area (Å²) in [5, 5.41) is 0. The van der Waals surface area contributed by atoms with Gasteiger partial charge >= 0.3 is 0 Å². The highest BCUT2D eigenvalue weighted by Crippen LogP contribution is 2.14. The highest BCUT2D eigenvalue weighted by molar-refractivity contribution is 5.76. The normalized spacial score (nSPS) is 11.9. The van der Waals surface area contributed by atoms with E-state index in [0.29, 0.717) is 13.0 Å². The van der Waals surface area contributed by atoms with Gasteiger partial charge in [-0.25, -0.2) is 0 Å². The van der Waals surface area contributed by atoms with Crippen LogP contribution in [-0.2, 0) is 17.8 Å². The van der Waals surface area contributed by atoms with Crippen molar-refractivity contribution in [3.05, 3.63) is 71.8 Å². The predicted molar refractivity (Wildman–Crippen MR) is 91.5 cm³/mol. The number of hydrogen-bond donors (Lipinski definition) is 0. The molecule has 2 nitrogen and oxygen atoms in total. The van der Waals surface area contributed by atoms with Crippen molar-refractivity contribution in [3.8, 4) is 0 Å². The van der Waals surface area contributed by atoms with E-state index in [9.17, 15) is 4.79 Å². The van der Waals surface area contributed by atoms with Crippen LogP contribution >= 0.6 is 0 Å². The minimum Gasteiger partial charge on any atom is -0.336 e. The van der Waals surface area contributed by atoms with Crippen LogP contribution in [0, 0.1) is 0 Å². The topological polar surface area (TPSA) is 20.3 Å². The van der Waals surface area contributed by atoms with Crippen molar-refractivity contribution in [1.82, 2.24) is 4.90 Å². The van der Waals surface area contributed by atoms with Crippen LogP contribution in [0.25, 0.3) is 0 Å². The Morgan fingerprint density at radius 2 is 1.50 bits per heavy atom. The molecular formula is C20H25NO. The summed E-state index contributed by atoms with van der Waals surface area (Å²) in [6.45, 7) is 4.96. The largest absolute Gasteiger partial charge is 0.336 e. The number of carbonyl (C=O) groups is 1. The van der Waals surface area contributed by atoms with Crippen LogP contribution in [0.5, 0.6) is 0 Å². The van der Waals surface area contributed by atoms with Gasteiger partial charge in [0, 0.05) is 19.0 Å². The van der Waals surface area contributed by atoms with Crippen molar-refractivity contribution >= 4 is 5.91 Å². The third kappa shape index (κ3) is 4.73. The Bertz CT molecular complexity index is 565. The molecule has 0 saturated carbocycles. The molecule has 1 unspecified atom stereocenters. The van der Waals surface area contributed by atoms with E-state index in [0.717, 1.165) is 12.8 Å². The molecule has 2 heteroatoms. The van der Waals surface area contributed by atoms with Gasteiger partial charge in [-0.2, -0.15) is 0 Å². The van der Waals surface area contributed by atoms with Gasteiger partial charge in [0.25, 0.3) is 0 Å². The van der Waals surface area contributed by atoms with Crippen molar-refractivity contribution < 1.29 is 4.79 Å². The lowest BCUT2D eigenvalue weighted by molar-refractivity contribution is -0.134. The number of aryl methyl sites for hydroxylation is 1. The number of amides is 1. The molecule has 0 heterocycles. The summed E-state index contributed by atoms with van der Waals surface area (Å²) in [7, 11) is 0. The zero-order valence-electron chi connectivity index (χ0n) is 13.5. The van der Waals surface area contributed by atoms with Gasteiger partial charge in [0.15, 0.2) is 0 Å². The Kier molecular flexibility index (Phi) is 6.20. The summed E-state index contributed by atoms with van der Waals surface area (Å²) in [4.78, 5) is 14.7. The predicted octanol–water partition coefficient (Wildman–Crippen LogP) is 4.45. The first-order valence-corrected chi connectivity index (χ1v) is 8.08. The molecule has 0 spiro atoms. The quantitative estimate of drug-likeness (QED) is 0.739. The maximum absolute atomic E-state index is 12.6. The monoisotopic (exact) mass is 295 g/mol. The van der Waals surface area contributed by atoms with E-state index < -0.39 is 0 Å². The fourth-order valence-electron chi connectivity index (χ4n) is 2.53. The summed E-state index contributed by atoms with van der Waals surface area (Å²) < 4.78 is 0. The van der Waals surface area contributed by atoms with Gasteiger partial charge in [-0.3, -0.25) is 4.79 Å². The highest BCUT2D eigenvalue weighted by Gasteiger charge is 2.18. The average Bonchev–Trinajstić information content (AvgIpc) is 2.58. The lowest BCUT2D eigenvalue weighted by atomic mass is 10.1. The van der Waals surface area contributed by atoms with Gasteiger partial charge in [0.05, 0.1) is 0 Å². The highest BCUT2D eigenvalue weighted by atomic mass is 16.2. The standard InChI is InChI=1S/C20H25NO/c1-3-17(2)21(16-19-12-8-5-9-13-19)20(22)15-14-18-10-6-4-7-11-18/h4-13,17H,3,14-16H2,1-2H3. The molecule has 2 aromatic rings. The van der Waals surface area contributed by atoms with Crippen LogP contribution < -0.4 is 0 Å².